The summed E-state index contributed by atoms with van der Waals surface area (Å²) in [5, 5.41) is 5.73. The zero-order valence-corrected chi connectivity index (χ0v) is 14.8. The predicted octanol–water partition coefficient (Wildman–Crippen LogP) is 1.87. The van der Waals surface area contributed by atoms with Gasteiger partial charge in [0.1, 0.15) is 0 Å². The fourth-order valence-electron chi connectivity index (χ4n) is 2.38. The maximum Gasteiger partial charge on any atom is 0.236 e. The van der Waals surface area contributed by atoms with Crippen LogP contribution in [0, 0.1) is 5.92 Å². The SMILES string of the molecule is CC(C)[C@@H](NCC(=O)NCC(N)=O)c1ccc(C(C)(C)C)cc1. The Morgan fingerprint density at radius 2 is 1.65 bits per heavy atom. The molecule has 1 aromatic rings. The molecule has 0 saturated heterocycles. The number of carbonyl (C=O) groups excluding carboxylic acids is 2. The van der Waals surface area contributed by atoms with Crippen LogP contribution in [0.5, 0.6) is 0 Å². The van der Waals surface area contributed by atoms with E-state index in [0.29, 0.717) is 5.92 Å². The van der Waals surface area contributed by atoms with Gasteiger partial charge in [0, 0.05) is 6.04 Å². The number of hydrogen-bond donors (Lipinski definition) is 3. The van der Waals surface area contributed by atoms with Crippen molar-refractivity contribution < 1.29 is 9.59 Å². The molecule has 0 aliphatic carbocycles. The van der Waals surface area contributed by atoms with Crippen molar-refractivity contribution in [3.8, 4) is 0 Å². The minimum atomic E-state index is -0.545. The third-order valence-corrected chi connectivity index (χ3v) is 3.74. The van der Waals surface area contributed by atoms with Crippen LogP contribution in [0.2, 0.25) is 0 Å². The minimum Gasteiger partial charge on any atom is -0.368 e. The Morgan fingerprint density at radius 3 is 2.09 bits per heavy atom. The highest BCUT2D eigenvalue weighted by molar-refractivity contribution is 5.84. The number of carbonyl (C=O) groups is 2. The summed E-state index contributed by atoms with van der Waals surface area (Å²) in [6.07, 6.45) is 0. The second-order valence-corrected chi connectivity index (χ2v) is 7.22. The molecule has 5 heteroatoms. The lowest BCUT2D eigenvalue weighted by Gasteiger charge is -2.25. The van der Waals surface area contributed by atoms with E-state index in [1.54, 1.807) is 0 Å². The van der Waals surface area contributed by atoms with Crippen LogP contribution >= 0.6 is 0 Å². The van der Waals surface area contributed by atoms with E-state index in [-0.39, 0.29) is 30.5 Å². The van der Waals surface area contributed by atoms with Crippen molar-refractivity contribution in [3.63, 3.8) is 0 Å². The van der Waals surface area contributed by atoms with Gasteiger partial charge in [-0.05, 0) is 22.5 Å². The molecule has 1 atom stereocenters. The summed E-state index contributed by atoms with van der Waals surface area (Å²) < 4.78 is 0. The van der Waals surface area contributed by atoms with Crippen LogP contribution in [-0.4, -0.2) is 24.9 Å². The molecule has 128 valence electrons. The molecule has 1 aromatic carbocycles. The van der Waals surface area contributed by atoms with Crippen LogP contribution in [-0.2, 0) is 15.0 Å². The Morgan fingerprint density at radius 1 is 1.09 bits per heavy atom. The van der Waals surface area contributed by atoms with Crippen LogP contribution in [0.1, 0.15) is 51.8 Å². The molecule has 2 amide bonds. The molecule has 5 nitrogen and oxygen atoms in total. The smallest absolute Gasteiger partial charge is 0.236 e. The largest absolute Gasteiger partial charge is 0.368 e. The van der Waals surface area contributed by atoms with Gasteiger partial charge in [-0.25, -0.2) is 0 Å². The second-order valence-electron chi connectivity index (χ2n) is 7.22. The van der Waals surface area contributed by atoms with Gasteiger partial charge < -0.3 is 16.4 Å². The second kappa shape index (κ2) is 8.11. The average Bonchev–Trinajstić information content (AvgIpc) is 2.44. The molecule has 0 fully saturated rings. The van der Waals surface area contributed by atoms with Gasteiger partial charge in [-0.15, -0.1) is 0 Å². The first-order valence-corrected chi connectivity index (χ1v) is 8.00. The number of benzene rings is 1. The highest BCUT2D eigenvalue weighted by Crippen LogP contribution is 2.26. The molecule has 4 N–H and O–H groups in total. The molecule has 1 rings (SSSR count). The van der Waals surface area contributed by atoms with E-state index >= 15 is 0 Å². The molecule has 0 heterocycles. The summed E-state index contributed by atoms with van der Waals surface area (Å²) in [6.45, 7) is 10.8. The summed E-state index contributed by atoms with van der Waals surface area (Å²) in [6, 6.07) is 8.57. The maximum absolute atomic E-state index is 11.7. The molecule has 0 unspecified atom stereocenters. The lowest BCUT2D eigenvalue weighted by atomic mass is 9.85. The highest BCUT2D eigenvalue weighted by Gasteiger charge is 2.18. The number of rotatable bonds is 7. The van der Waals surface area contributed by atoms with E-state index in [1.165, 1.54) is 5.56 Å². The number of nitrogens with one attached hydrogen (secondary N) is 2. The van der Waals surface area contributed by atoms with Crippen LogP contribution in [0.25, 0.3) is 0 Å². The van der Waals surface area contributed by atoms with Crippen molar-refractivity contribution in [1.82, 2.24) is 10.6 Å². The number of primary amides is 1. The monoisotopic (exact) mass is 319 g/mol. The van der Waals surface area contributed by atoms with Gasteiger partial charge >= 0.3 is 0 Å². The molecule has 0 saturated carbocycles. The van der Waals surface area contributed by atoms with E-state index in [1.807, 2.05) is 0 Å². The lowest BCUT2D eigenvalue weighted by molar-refractivity contribution is -0.124. The van der Waals surface area contributed by atoms with E-state index in [0.717, 1.165) is 5.56 Å². The fourth-order valence-corrected chi connectivity index (χ4v) is 2.38. The van der Waals surface area contributed by atoms with Crippen LogP contribution < -0.4 is 16.4 Å². The van der Waals surface area contributed by atoms with Crippen molar-refractivity contribution in [2.45, 2.75) is 46.1 Å². The van der Waals surface area contributed by atoms with Crippen molar-refractivity contribution in [2.75, 3.05) is 13.1 Å². The van der Waals surface area contributed by atoms with Crippen molar-refractivity contribution in [3.05, 3.63) is 35.4 Å². The van der Waals surface area contributed by atoms with Gasteiger partial charge in [-0.3, -0.25) is 9.59 Å². The number of nitrogens with two attached hydrogens (primary N) is 1. The summed E-state index contributed by atoms with van der Waals surface area (Å²) >= 11 is 0. The Hall–Kier alpha value is -1.88. The number of hydrogen-bond acceptors (Lipinski definition) is 3. The molecule has 0 aromatic heterocycles. The zero-order valence-electron chi connectivity index (χ0n) is 14.8. The topological polar surface area (TPSA) is 84.2 Å². The quantitative estimate of drug-likeness (QED) is 0.717. The molecule has 23 heavy (non-hydrogen) atoms. The summed E-state index contributed by atoms with van der Waals surface area (Å²) in [5.74, 6) is -0.447. The van der Waals surface area contributed by atoms with Gasteiger partial charge in [0.25, 0.3) is 0 Å². The van der Waals surface area contributed by atoms with E-state index in [2.05, 4.69) is 69.5 Å². The zero-order chi connectivity index (χ0) is 17.6. The third-order valence-electron chi connectivity index (χ3n) is 3.74. The molecule has 0 bridgehead atoms. The summed E-state index contributed by atoms with van der Waals surface area (Å²) in [4.78, 5) is 22.4. The van der Waals surface area contributed by atoms with Gasteiger partial charge in [-0.2, -0.15) is 0 Å². The summed E-state index contributed by atoms with van der Waals surface area (Å²) in [5.41, 5.74) is 7.56. The van der Waals surface area contributed by atoms with E-state index < -0.39 is 5.91 Å². The fraction of sp³-hybridized carbons (Fsp3) is 0.556. The van der Waals surface area contributed by atoms with Crippen LogP contribution in [0.4, 0.5) is 0 Å². The predicted molar refractivity (Wildman–Crippen MR) is 92.9 cm³/mol. The van der Waals surface area contributed by atoms with Crippen LogP contribution in [0.3, 0.4) is 0 Å². The van der Waals surface area contributed by atoms with Gasteiger partial charge in [0.15, 0.2) is 0 Å². The Balaban J connectivity index is 2.71. The Labute approximate surface area is 139 Å². The molecule has 0 radical (unpaired) electrons. The molecular formula is C18H29N3O2. The molecule has 0 aliphatic heterocycles. The van der Waals surface area contributed by atoms with Crippen LogP contribution in [0.15, 0.2) is 24.3 Å². The molecule has 0 aliphatic rings. The Bertz CT molecular complexity index is 530. The average molecular weight is 319 g/mol. The Kier molecular flexibility index (Phi) is 6.76. The third kappa shape index (κ3) is 6.40. The van der Waals surface area contributed by atoms with E-state index in [4.69, 9.17) is 5.73 Å². The number of amides is 2. The first kappa shape index (κ1) is 19.2. The van der Waals surface area contributed by atoms with E-state index in [9.17, 15) is 9.59 Å². The maximum atomic E-state index is 11.7. The van der Waals surface area contributed by atoms with Crippen molar-refractivity contribution in [2.24, 2.45) is 11.7 Å². The highest BCUT2D eigenvalue weighted by atomic mass is 16.2. The minimum absolute atomic E-state index is 0.0725. The molecular weight excluding hydrogens is 290 g/mol. The lowest BCUT2D eigenvalue weighted by Crippen LogP contribution is -2.40. The van der Waals surface area contributed by atoms with Crippen molar-refractivity contribution >= 4 is 11.8 Å². The van der Waals surface area contributed by atoms with Crippen molar-refractivity contribution in [1.29, 1.82) is 0 Å². The van der Waals surface area contributed by atoms with Gasteiger partial charge in [-0.1, -0.05) is 58.9 Å². The first-order chi connectivity index (χ1) is 10.6. The first-order valence-electron chi connectivity index (χ1n) is 8.00. The molecule has 0 spiro atoms. The van der Waals surface area contributed by atoms with Gasteiger partial charge in [0.2, 0.25) is 11.8 Å². The normalized spacial score (nSPS) is 13.0. The standard InChI is InChI=1S/C18H29N3O2/c1-12(2)17(21-11-16(23)20-10-15(19)22)13-6-8-14(9-7-13)18(3,4)5/h6-9,12,17,21H,10-11H2,1-5H3,(H2,19,22)(H,20,23)/t17-/m1/s1. The van der Waals surface area contributed by atoms with Gasteiger partial charge in [0.05, 0.1) is 13.1 Å². The summed E-state index contributed by atoms with van der Waals surface area (Å²) in [7, 11) is 0.